The molecule has 0 aliphatic heterocycles. The molecule has 0 saturated carbocycles. The van der Waals surface area contributed by atoms with Crippen molar-refractivity contribution in [3.8, 4) is 0 Å². The zero-order valence-corrected chi connectivity index (χ0v) is 11.2. The van der Waals surface area contributed by atoms with E-state index in [1.165, 1.54) is 51.4 Å². The van der Waals surface area contributed by atoms with Crippen molar-refractivity contribution in [3.63, 3.8) is 0 Å². The normalized spacial score (nSPS) is 10.8. The van der Waals surface area contributed by atoms with Crippen molar-refractivity contribution in [3.05, 3.63) is 0 Å². The molecule has 0 bridgehead atoms. The van der Waals surface area contributed by atoms with Gasteiger partial charge in [0, 0.05) is 13.2 Å². The number of unbranched alkanes of at least 4 members (excludes halogenated alkanes) is 7. The SMILES string of the molecule is CCCCCCCCCCOCCCS. The van der Waals surface area contributed by atoms with Gasteiger partial charge in [0.25, 0.3) is 0 Å². The summed E-state index contributed by atoms with van der Waals surface area (Å²) in [5.41, 5.74) is 0. The molecule has 0 spiro atoms. The molecule has 0 saturated heterocycles. The summed E-state index contributed by atoms with van der Waals surface area (Å²) in [5, 5.41) is 0. The van der Waals surface area contributed by atoms with Crippen LogP contribution in [0.4, 0.5) is 0 Å². The molecular weight excluding hydrogens is 204 g/mol. The first kappa shape index (κ1) is 15.3. The molecule has 0 rings (SSSR count). The first-order chi connectivity index (χ1) is 7.41. The molecule has 15 heavy (non-hydrogen) atoms. The van der Waals surface area contributed by atoms with Crippen LogP contribution in [0.3, 0.4) is 0 Å². The molecular formula is C13H28OS. The second-order valence-corrected chi connectivity index (χ2v) is 4.61. The van der Waals surface area contributed by atoms with Gasteiger partial charge in [-0.15, -0.1) is 0 Å². The second-order valence-electron chi connectivity index (χ2n) is 4.16. The van der Waals surface area contributed by atoms with Gasteiger partial charge in [0.05, 0.1) is 0 Å². The van der Waals surface area contributed by atoms with Gasteiger partial charge in [-0.25, -0.2) is 0 Å². The van der Waals surface area contributed by atoms with Gasteiger partial charge in [-0.2, -0.15) is 12.6 Å². The summed E-state index contributed by atoms with van der Waals surface area (Å²) in [4.78, 5) is 0. The lowest BCUT2D eigenvalue weighted by molar-refractivity contribution is 0.131. The van der Waals surface area contributed by atoms with Gasteiger partial charge >= 0.3 is 0 Å². The predicted octanol–water partition coefficient (Wildman–Crippen LogP) is 4.46. The van der Waals surface area contributed by atoms with E-state index in [1.54, 1.807) is 0 Å². The average molecular weight is 232 g/mol. The lowest BCUT2D eigenvalue weighted by Crippen LogP contribution is -1.97. The van der Waals surface area contributed by atoms with E-state index in [1.807, 2.05) is 0 Å². The molecule has 0 aliphatic carbocycles. The van der Waals surface area contributed by atoms with Gasteiger partial charge in [-0.1, -0.05) is 51.9 Å². The fraction of sp³-hybridized carbons (Fsp3) is 1.00. The van der Waals surface area contributed by atoms with Gasteiger partial charge in [0.2, 0.25) is 0 Å². The first-order valence-electron chi connectivity index (χ1n) is 6.60. The van der Waals surface area contributed by atoms with Crippen molar-refractivity contribution >= 4 is 12.6 Å². The van der Waals surface area contributed by atoms with E-state index in [9.17, 15) is 0 Å². The zero-order valence-electron chi connectivity index (χ0n) is 10.3. The Kier molecular flexibility index (Phi) is 14.6. The molecule has 0 amide bonds. The molecule has 0 fully saturated rings. The molecule has 0 aliphatic rings. The summed E-state index contributed by atoms with van der Waals surface area (Å²) in [6, 6.07) is 0. The molecule has 0 atom stereocenters. The van der Waals surface area contributed by atoms with Gasteiger partial charge in [-0.05, 0) is 18.6 Å². The quantitative estimate of drug-likeness (QED) is 0.386. The molecule has 92 valence electrons. The minimum Gasteiger partial charge on any atom is -0.381 e. The van der Waals surface area contributed by atoms with Crippen molar-refractivity contribution in [1.82, 2.24) is 0 Å². The molecule has 0 N–H and O–H groups in total. The Morgan fingerprint density at radius 2 is 1.27 bits per heavy atom. The Bertz CT molecular complexity index is 94.7. The lowest BCUT2D eigenvalue weighted by Gasteiger charge is -2.03. The van der Waals surface area contributed by atoms with Crippen LogP contribution in [0.1, 0.15) is 64.7 Å². The smallest absolute Gasteiger partial charge is 0.0473 e. The fourth-order valence-corrected chi connectivity index (χ4v) is 1.74. The van der Waals surface area contributed by atoms with E-state index in [0.29, 0.717) is 0 Å². The Balaban J connectivity index is 2.81. The number of hydrogen-bond acceptors (Lipinski definition) is 2. The minimum atomic E-state index is 0.889. The highest BCUT2D eigenvalue weighted by atomic mass is 32.1. The highest BCUT2D eigenvalue weighted by Crippen LogP contribution is 2.08. The maximum atomic E-state index is 5.47. The summed E-state index contributed by atoms with van der Waals surface area (Å²) < 4.78 is 5.47. The molecule has 0 unspecified atom stereocenters. The Labute approximate surface area is 101 Å². The van der Waals surface area contributed by atoms with Crippen LogP contribution in [-0.2, 0) is 4.74 Å². The topological polar surface area (TPSA) is 9.23 Å². The van der Waals surface area contributed by atoms with Crippen LogP contribution in [0.25, 0.3) is 0 Å². The van der Waals surface area contributed by atoms with E-state index in [-0.39, 0.29) is 0 Å². The van der Waals surface area contributed by atoms with E-state index < -0.39 is 0 Å². The molecule has 1 nitrogen and oxygen atoms in total. The summed E-state index contributed by atoms with van der Waals surface area (Å²) in [6.07, 6.45) is 12.1. The van der Waals surface area contributed by atoms with Crippen LogP contribution in [0.2, 0.25) is 0 Å². The van der Waals surface area contributed by atoms with Gasteiger partial charge in [0.15, 0.2) is 0 Å². The molecule has 0 aromatic heterocycles. The van der Waals surface area contributed by atoms with Gasteiger partial charge in [0.1, 0.15) is 0 Å². The molecule has 0 heterocycles. The van der Waals surface area contributed by atoms with Crippen molar-refractivity contribution in [2.75, 3.05) is 19.0 Å². The van der Waals surface area contributed by atoms with Crippen LogP contribution < -0.4 is 0 Å². The van der Waals surface area contributed by atoms with Crippen molar-refractivity contribution in [2.45, 2.75) is 64.7 Å². The van der Waals surface area contributed by atoms with Crippen LogP contribution in [-0.4, -0.2) is 19.0 Å². The third kappa shape index (κ3) is 14.3. The maximum absolute atomic E-state index is 5.47. The summed E-state index contributed by atoms with van der Waals surface area (Å²) in [7, 11) is 0. The predicted molar refractivity (Wildman–Crippen MR) is 71.9 cm³/mol. The minimum absolute atomic E-state index is 0.889. The van der Waals surface area contributed by atoms with Crippen molar-refractivity contribution in [1.29, 1.82) is 0 Å². The third-order valence-corrected chi connectivity index (χ3v) is 2.91. The maximum Gasteiger partial charge on any atom is 0.0473 e. The van der Waals surface area contributed by atoms with Gasteiger partial charge < -0.3 is 4.74 Å². The van der Waals surface area contributed by atoms with E-state index in [4.69, 9.17) is 4.74 Å². The van der Waals surface area contributed by atoms with E-state index >= 15 is 0 Å². The summed E-state index contributed by atoms with van der Waals surface area (Å²) in [5.74, 6) is 0.942. The van der Waals surface area contributed by atoms with Crippen molar-refractivity contribution < 1.29 is 4.74 Å². The van der Waals surface area contributed by atoms with Crippen LogP contribution in [0.15, 0.2) is 0 Å². The molecule has 0 radical (unpaired) electrons. The zero-order chi connectivity index (χ0) is 11.2. The lowest BCUT2D eigenvalue weighted by atomic mass is 10.1. The van der Waals surface area contributed by atoms with E-state index in [2.05, 4.69) is 19.6 Å². The van der Waals surface area contributed by atoms with Crippen molar-refractivity contribution in [2.24, 2.45) is 0 Å². The van der Waals surface area contributed by atoms with E-state index in [0.717, 1.165) is 25.4 Å². The third-order valence-electron chi connectivity index (χ3n) is 2.59. The van der Waals surface area contributed by atoms with Crippen LogP contribution >= 0.6 is 12.6 Å². The van der Waals surface area contributed by atoms with Crippen LogP contribution in [0.5, 0.6) is 0 Å². The number of rotatable bonds is 12. The number of thiol groups is 1. The Morgan fingerprint density at radius 3 is 1.87 bits per heavy atom. The monoisotopic (exact) mass is 232 g/mol. The Hall–Kier alpha value is 0.310. The highest BCUT2D eigenvalue weighted by Gasteiger charge is 1.92. The fourth-order valence-electron chi connectivity index (χ4n) is 1.61. The molecule has 2 heteroatoms. The average Bonchev–Trinajstić information content (AvgIpc) is 2.26. The first-order valence-corrected chi connectivity index (χ1v) is 7.23. The molecule has 0 aromatic rings. The number of ether oxygens (including phenoxy) is 1. The standard InChI is InChI=1S/C13H28OS/c1-2-3-4-5-6-7-8-9-11-14-12-10-13-15/h15H,2-13H2,1H3. The molecule has 0 aromatic carbocycles. The number of hydrogen-bond donors (Lipinski definition) is 1. The largest absolute Gasteiger partial charge is 0.381 e. The van der Waals surface area contributed by atoms with Gasteiger partial charge in [-0.3, -0.25) is 0 Å². The summed E-state index contributed by atoms with van der Waals surface area (Å²) in [6.45, 7) is 4.10. The van der Waals surface area contributed by atoms with Crippen LogP contribution in [0, 0.1) is 0 Å². The Morgan fingerprint density at radius 1 is 0.733 bits per heavy atom. The second kappa shape index (κ2) is 14.3. The highest BCUT2D eigenvalue weighted by molar-refractivity contribution is 7.80. The summed E-state index contributed by atoms with van der Waals surface area (Å²) >= 11 is 4.14.